The number of hydrogen-bond acceptors (Lipinski definition) is 1. The molecule has 0 N–H and O–H groups in total. The van der Waals surface area contributed by atoms with E-state index in [2.05, 4.69) is 23.2 Å². The van der Waals surface area contributed by atoms with Crippen molar-refractivity contribution in [3.8, 4) is 0 Å². The van der Waals surface area contributed by atoms with Gasteiger partial charge in [-0.2, -0.15) is 0 Å². The average molecular weight is 233 g/mol. The van der Waals surface area contributed by atoms with E-state index in [1.807, 2.05) is 24.3 Å². The Morgan fingerprint density at radius 2 is 2.06 bits per heavy atom. The summed E-state index contributed by atoms with van der Waals surface area (Å²) in [7, 11) is 0. The highest BCUT2D eigenvalue weighted by Crippen LogP contribution is 2.38. The number of carbonyl (C=O) groups is 1. The number of hydrogen-bond donors (Lipinski definition) is 0. The zero-order valence-electron chi connectivity index (χ0n) is 9.81. The third kappa shape index (κ3) is 1.17. The molecule has 3 aliphatic rings. The van der Waals surface area contributed by atoms with Gasteiger partial charge in [-0.05, 0) is 30.1 Å². The molecule has 0 spiro atoms. The molecule has 2 aliphatic carbocycles. The van der Waals surface area contributed by atoms with E-state index in [4.69, 9.17) is 0 Å². The molecule has 0 saturated carbocycles. The molecule has 4 rings (SSSR count). The first-order chi connectivity index (χ1) is 8.84. The monoisotopic (exact) mass is 233 g/mol. The first-order valence-electron chi connectivity index (χ1n) is 6.19. The predicted molar refractivity (Wildman–Crippen MR) is 71.4 cm³/mol. The predicted octanol–water partition coefficient (Wildman–Crippen LogP) is 3.06. The lowest BCUT2D eigenvalue weighted by molar-refractivity contribution is -0.114. The van der Waals surface area contributed by atoms with Crippen LogP contribution in [0.4, 0.5) is 0 Å². The fourth-order valence-corrected chi connectivity index (χ4v) is 2.86. The molecule has 0 unspecified atom stereocenters. The maximum absolute atomic E-state index is 12.1. The van der Waals surface area contributed by atoms with Gasteiger partial charge in [-0.3, -0.25) is 4.79 Å². The van der Waals surface area contributed by atoms with Crippen LogP contribution in [0.2, 0.25) is 0 Å². The molecule has 2 heteroatoms. The van der Waals surface area contributed by atoms with E-state index in [9.17, 15) is 4.79 Å². The summed E-state index contributed by atoms with van der Waals surface area (Å²) in [5.74, 6) is -0.0928. The molecule has 1 aromatic carbocycles. The van der Waals surface area contributed by atoms with E-state index in [0.717, 1.165) is 35.3 Å². The number of fused-ring (bicyclic) bond motifs is 4. The first-order valence-corrected chi connectivity index (χ1v) is 6.19. The number of benzene rings is 1. The van der Waals surface area contributed by atoms with E-state index in [1.54, 1.807) is 0 Å². The van der Waals surface area contributed by atoms with Crippen LogP contribution in [0, 0.1) is 0 Å². The van der Waals surface area contributed by atoms with Gasteiger partial charge in [-0.1, -0.05) is 36.4 Å². The van der Waals surface area contributed by atoms with Crippen molar-refractivity contribution in [2.24, 2.45) is 4.99 Å². The Morgan fingerprint density at radius 1 is 1.17 bits per heavy atom. The zero-order valence-corrected chi connectivity index (χ0v) is 9.81. The number of nitrogens with zero attached hydrogens (tertiary/aromatic N) is 1. The van der Waals surface area contributed by atoms with Gasteiger partial charge in [0, 0.05) is 16.7 Å². The lowest BCUT2D eigenvalue weighted by Crippen LogP contribution is -2.18. The van der Waals surface area contributed by atoms with Gasteiger partial charge in [-0.25, -0.2) is 4.99 Å². The Balaban J connectivity index is 1.97. The summed E-state index contributed by atoms with van der Waals surface area (Å²) < 4.78 is 0. The molecule has 1 aliphatic heterocycles. The molecule has 0 radical (unpaired) electrons. The molecular weight excluding hydrogens is 222 g/mol. The van der Waals surface area contributed by atoms with Crippen LogP contribution >= 0.6 is 0 Å². The summed E-state index contributed by atoms with van der Waals surface area (Å²) in [6, 6.07) is 8.13. The molecule has 18 heavy (non-hydrogen) atoms. The van der Waals surface area contributed by atoms with Crippen molar-refractivity contribution >= 4 is 17.7 Å². The molecule has 1 aromatic rings. The zero-order chi connectivity index (χ0) is 12.1. The van der Waals surface area contributed by atoms with Crippen LogP contribution < -0.4 is 0 Å². The first kappa shape index (κ1) is 9.77. The second kappa shape index (κ2) is 3.39. The summed E-state index contributed by atoms with van der Waals surface area (Å²) in [5, 5.41) is 0. The lowest BCUT2D eigenvalue weighted by Gasteiger charge is -2.20. The smallest absolute Gasteiger partial charge is 0.267 e. The molecule has 0 fully saturated rings. The quantitative estimate of drug-likeness (QED) is 0.677. The van der Waals surface area contributed by atoms with Crippen molar-refractivity contribution in [3.05, 3.63) is 64.3 Å². The normalized spacial score (nSPS) is 20.1. The minimum atomic E-state index is -0.0928. The van der Waals surface area contributed by atoms with Crippen molar-refractivity contribution in [2.45, 2.75) is 12.8 Å². The fourth-order valence-electron chi connectivity index (χ4n) is 2.86. The number of amides is 1. The topological polar surface area (TPSA) is 29.4 Å². The van der Waals surface area contributed by atoms with Gasteiger partial charge in [0.2, 0.25) is 0 Å². The molecule has 2 nitrogen and oxygen atoms in total. The van der Waals surface area contributed by atoms with Gasteiger partial charge in [0.1, 0.15) is 0 Å². The summed E-state index contributed by atoms with van der Waals surface area (Å²) in [4.78, 5) is 16.3. The van der Waals surface area contributed by atoms with Crippen molar-refractivity contribution in [1.82, 2.24) is 0 Å². The maximum Gasteiger partial charge on any atom is 0.277 e. The van der Waals surface area contributed by atoms with Crippen LogP contribution in [0.5, 0.6) is 0 Å². The van der Waals surface area contributed by atoms with Gasteiger partial charge in [0.15, 0.2) is 0 Å². The van der Waals surface area contributed by atoms with E-state index < -0.39 is 0 Å². The standard InChI is InChI=1S/C16H11NO/c18-16-13-8-4-3-7-12(13)14-9-10-5-1-2-6-11(10)15(14)17-16/h1-2,4-6,8-9H,3,7H2. The van der Waals surface area contributed by atoms with Gasteiger partial charge in [0.05, 0.1) is 5.71 Å². The van der Waals surface area contributed by atoms with E-state index in [1.165, 1.54) is 11.1 Å². The third-order valence-electron chi connectivity index (χ3n) is 3.71. The SMILES string of the molecule is O=C1N=C2C(=Cc3ccccc32)C2=C1C=CCC2. The minimum Gasteiger partial charge on any atom is -0.267 e. The third-order valence-corrected chi connectivity index (χ3v) is 3.71. The summed E-state index contributed by atoms with van der Waals surface area (Å²) in [5.41, 5.74) is 6.22. The van der Waals surface area contributed by atoms with Crippen LogP contribution in [0.15, 0.2) is 58.1 Å². The number of aliphatic imine (C=N–C) groups is 1. The number of dihydropyridines is 1. The van der Waals surface area contributed by atoms with Crippen molar-refractivity contribution in [1.29, 1.82) is 0 Å². The van der Waals surface area contributed by atoms with Crippen LogP contribution in [0.1, 0.15) is 24.0 Å². The highest BCUT2D eigenvalue weighted by atomic mass is 16.1. The van der Waals surface area contributed by atoms with Crippen molar-refractivity contribution < 1.29 is 4.79 Å². The second-order valence-corrected chi connectivity index (χ2v) is 4.74. The summed E-state index contributed by atoms with van der Waals surface area (Å²) in [6.07, 6.45) is 8.09. The van der Waals surface area contributed by atoms with Gasteiger partial charge < -0.3 is 0 Å². The number of carbonyl (C=O) groups excluding carboxylic acids is 1. The minimum absolute atomic E-state index is 0.0928. The molecule has 1 heterocycles. The van der Waals surface area contributed by atoms with Crippen LogP contribution in [-0.2, 0) is 4.79 Å². The van der Waals surface area contributed by atoms with Gasteiger partial charge >= 0.3 is 0 Å². The molecule has 0 aromatic heterocycles. The summed E-state index contributed by atoms with van der Waals surface area (Å²) in [6.45, 7) is 0. The lowest BCUT2D eigenvalue weighted by atomic mass is 9.87. The van der Waals surface area contributed by atoms with E-state index >= 15 is 0 Å². The molecule has 0 bridgehead atoms. The fraction of sp³-hybridized carbons (Fsp3) is 0.125. The highest BCUT2D eigenvalue weighted by molar-refractivity contribution is 6.30. The molecular formula is C16H11NO. The summed E-state index contributed by atoms with van der Waals surface area (Å²) >= 11 is 0. The average Bonchev–Trinajstić information content (AvgIpc) is 2.78. The second-order valence-electron chi connectivity index (χ2n) is 4.74. The molecule has 1 amide bonds. The van der Waals surface area contributed by atoms with Crippen molar-refractivity contribution in [2.75, 3.05) is 0 Å². The maximum atomic E-state index is 12.1. The van der Waals surface area contributed by atoms with E-state index in [0.29, 0.717) is 0 Å². The highest BCUT2D eigenvalue weighted by Gasteiger charge is 2.31. The number of rotatable bonds is 0. The molecule has 0 atom stereocenters. The Bertz CT molecular complexity index is 702. The molecule has 0 saturated heterocycles. The van der Waals surface area contributed by atoms with Crippen LogP contribution in [0.3, 0.4) is 0 Å². The van der Waals surface area contributed by atoms with Gasteiger partial charge in [-0.15, -0.1) is 0 Å². The van der Waals surface area contributed by atoms with Gasteiger partial charge in [0.25, 0.3) is 5.91 Å². The Labute approximate surface area is 105 Å². The Hall–Kier alpha value is -2.22. The Kier molecular flexibility index (Phi) is 1.84. The van der Waals surface area contributed by atoms with Crippen molar-refractivity contribution in [3.63, 3.8) is 0 Å². The van der Waals surface area contributed by atoms with E-state index in [-0.39, 0.29) is 5.91 Å². The van der Waals surface area contributed by atoms with Crippen LogP contribution in [0.25, 0.3) is 6.08 Å². The number of allylic oxidation sites excluding steroid dienone is 3. The molecule has 86 valence electrons. The Morgan fingerprint density at radius 3 is 3.00 bits per heavy atom. The largest absolute Gasteiger partial charge is 0.277 e. The van der Waals surface area contributed by atoms with Crippen LogP contribution in [-0.4, -0.2) is 11.6 Å².